The molecule has 50 valence electrons. The average molecular weight is 124 g/mol. The van der Waals surface area contributed by atoms with Gasteiger partial charge in [-0.3, -0.25) is 0 Å². The molecule has 0 amide bonds. The van der Waals surface area contributed by atoms with Crippen molar-refractivity contribution in [3.05, 3.63) is 12.7 Å². The van der Waals surface area contributed by atoms with Crippen LogP contribution in [-0.4, -0.2) is 18.0 Å². The molecule has 0 aromatic carbocycles. The summed E-state index contributed by atoms with van der Waals surface area (Å²) in [5.74, 6) is 0. The molecule has 0 heterocycles. The van der Waals surface area contributed by atoms with Gasteiger partial charge in [-0.2, -0.15) is 5.26 Å². The summed E-state index contributed by atoms with van der Waals surface area (Å²) in [5, 5.41) is 8.42. The lowest BCUT2D eigenvalue weighted by molar-refractivity contribution is 0.432. The van der Waals surface area contributed by atoms with Crippen LogP contribution in [0.4, 0.5) is 0 Å². The van der Waals surface area contributed by atoms with E-state index in [0.29, 0.717) is 6.54 Å². The first-order valence-corrected chi connectivity index (χ1v) is 3.10. The van der Waals surface area contributed by atoms with E-state index in [1.54, 1.807) is 11.0 Å². The lowest BCUT2D eigenvalue weighted by Crippen LogP contribution is -2.17. The van der Waals surface area contributed by atoms with E-state index in [1.807, 2.05) is 6.92 Å². The third kappa shape index (κ3) is 3.60. The molecule has 0 aliphatic rings. The van der Waals surface area contributed by atoms with Crippen molar-refractivity contribution in [1.82, 2.24) is 4.90 Å². The SMILES string of the molecule is C=CCN(C#N)CCC. The van der Waals surface area contributed by atoms with Gasteiger partial charge in [-0.15, -0.1) is 6.58 Å². The van der Waals surface area contributed by atoms with Crippen molar-refractivity contribution >= 4 is 0 Å². The number of rotatable bonds is 4. The average Bonchev–Trinajstić information content (AvgIpc) is 1.88. The maximum absolute atomic E-state index is 8.42. The van der Waals surface area contributed by atoms with Gasteiger partial charge < -0.3 is 4.90 Å². The van der Waals surface area contributed by atoms with Gasteiger partial charge in [-0.25, -0.2) is 0 Å². The molecule has 0 radical (unpaired) electrons. The van der Waals surface area contributed by atoms with Gasteiger partial charge >= 0.3 is 0 Å². The molecule has 0 rings (SSSR count). The second-order valence-electron chi connectivity index (χ2n) is 1.83. The molecular formula is C7H12N2. The van der Waals surface area contributed by atoms with E-state index >= 15 is 0 Å². The van der Waals surface area contributed by atoms with Crippen LogP contribution >= 0.6 is 0 Å². The Morgan fingerprint density at radius 2 is 2.44 bits per heavy atom. The summed E-state index contributed by atoms with van der Waals surface area (Å²) in [7, 11) is 0. The molecule has 0 saturated carbocycles. The van der Waals surface area contributed by atoms with Gasteiger partial charge in [0.05, 0.1) is 0 Å². The Hall–Kier alpha value is -0.970. The zero-order valence-electron chi connectivity index (χ0n) is 5.80. The first kappa shape index (κ1) is 8.03. The number of hydrogen-bond acceptors (Lipinski definition) is 2. The lowest BCUT2D eigenvalue weighted by Gasteiger charge is -2.09. The standard InChI is InChI=1S/C7H12N2/c1-3-5-9(7-8)6-4-2/h3H,1,4-6H2,2H3. The molecular weight excluding hydrogens is 112 g/mol. The van der Waals surface area contributed by atoms with E-state index in [2.05, 4.69) is 12.8 Å². The van der Waals surface area contributed by atoms with Crippen molar-refractivity contribution in [2.75, 3.05) is 13.1 Å². The van der Waals surface area contributed by atoms with Gasteiger partial charge in [-0.05, 0) is 6.42 Å². The van der Waals surface area contributed by atoms with Gasteiger partial charge in [0.1, 0.15) is 0 Å². The van der Waals surface area contributed by atoms with Crippen molar-refractivity contribution in [3.8, 4) is 6.19 Å². The van der Waals surface area contributed by atoms with Crippen molar-refractivity contribution in [2.24, 2.45) is 0 Å². The maximum atomic E-state index is 8.42. The molecule has 2 heteroatoms. The molecule has 0 N–H and O–H groups in total. The van der Waals surface area contributed by atoms with Crippen molar-refractivity contribution in [2.45, 2.75) is 13.3 Å². The summed E-state index contributed by atoms with van der Waals surface area (Å²) in [6.07, 6.45) is 4.82. The summed E-state index contributed by atoms with van der Waals surface area (Å²) in [6, 6.07) is 0. The fourth-order valence-electron chi connectivity index (χ4n) is 0.608. The fourth-order valence-corrected chi connectivity index (χ4v) is 0.608. The highest BCUT2D eigenvalue weighted by Crippen LogP contribution is 1.87. The fraction of sp³-hybridized carbons (Fsp3) is 0.571. The largest absolute Gasteiger partial charge is 0.307 e. The Labute approximate surface area is 56.4 Å². The van der Waals surface area contributed by atoms with Crippen LogP contribution in [0, 0.1) is 11.5 Å². The molecule has 0 unspecified atom stereocenters. The maximum Gasteiger partial charge on any atom is 0.179 e. The Morgan fingerprint density at radius 3 is 2.78 bits per heavy atom. The van der Waals surface area contributed by atoms with Crippen LogP contribution < -0.4 is 0 Å². The Bertz CT molecular complexity index is 113. The van der Waals surface area contributed by atoms with E-state index in [1.165, 1.54) is 0 Å². The third-order valence-corrected chi connectivity index (χ3v) is 0.984. The molecule has 0 aliphatic carbocycles. The van der Waals surface area contributed by atoms with E-state index < -0.39 is 0 Å². The summed E-state index contributed by atoms with van der Waals surface area (Å²) >= 11 is 0. The highest BCUT2D eigenvalue weighted by atomic mass is 15.1. The summed E-state index contributed by atoms with van der Waals surface area (Å²) in [5.41, 5.74) is 0. The minimum absolute atomic E-state index is 0.671. The third-order valence-electron chi connectivity index (χ3n) is 0.984. The number of nitrogens with zero attached hydrogens (tertiary/aromatic N) is 2. The van der Waals surface area contributed by atoms with E-state index in [9.17, 15) is 0 Å². The van der Waals surface area contributed by atoms with Crippen molar-refractivity contribution in [3.63, 3.8) is 0 Å². The molecule has 0 saturated heterocycles. The Morgan fingerprint density at radius 1 is 1.78 bits per heavy atom. The molecule has 0 fully saturated rings. The summed E-state index contributed by atoms with van der Waals surface area (Å²) in [4.78, 5) is 1.67. The van der Waals surface area contributed by atoms with Crippen LogP contribution in [0.5, 0.6) is 0 Å². The van der Waals surface area contributed by atoms with E-state index in [0.717, 1.165) is 13.0 Å². The van der Waals surface area contributed by atoms with Crippen LogP contribution in [-0.2, 0) is 0 Å². The highest BCUT2D eigenvalue weighted by Gasteiger charge is 1.93. The normalized spacial score (nSPS) is 8.00. The van der Waals surface area contributed by atoms with Crippen molar-refractivity contribution in [1.29, 1.82) is 5.26 Å². The first-order chi connectivity index (χ1) is 4.35. The molecule has 0 bridgehead atoms. The van der Waals surface area contributed by atoms with E-state index in [4.69, 9.17) is 5.26 Å². The lowest BCUT2D eigenvalue weighted by atomic mass is 10.4. The molecule has 0 atom stereocenters. The highest BCUT2D eigenvalue weighted by molar-refractivity contribution is 4.81. The smallest absolute Gasteiger partial charge is 0.179 e. The minimum atomic E-state index is 0.671. The van der Waals surface area contributed by atoms with Crippen LogP contribution in [0.15, 0.2) is 12.7 Å². The zero-order valence-corrected chi connectivity index (χ0v) is 5.80. The molecule has 2 nitrogen and oxygen atoms in total. The predicted octanol–water partition coefficient (Wildman–Crippen LogP) is 1.37. The van der Waals surface area contributed by atoms with Gasteiger partial charge in [0, 0.05) is 13.1 Å². The van der Waals surface area contributed by atoms with Gasteiger partial charge in [-0.1, -0.05) is 13.0 Å². The number of hydrogen-bond donors (Lipinski definition) is 0. The van der Waals surface area contributed by atoms with E-state index in [-0.39, 0.29) is 0 Å². The second-order valence-corrected chi connectivity index (χ2v) is 1.83. The van der Waals surface area contributed by atoms with Gasteiger partial charge in [0.15, 0.2) is 6.19 Å². The first-order valence-electron chi connectivity index (χ1n) is 3.10. The van der Waals surface area contributed by atoms with Crippen molar-refractivity contribution < 1.29 is 0 Å². The second kappa shape index (κ2) is 5.17. The topological polar surface area (TPSA) is 27.0 Å². The quantitative estimate of drug-likeness (QED) is 0.321. The summed E-state index contributed by atoms with van der Waals surface area (Å²) < 4.78 is 0. The van der Waals surface area contributed by atoms with Crippen LogP contribution in [0.3, 0.4) is 0 Å². The molecule has 0 aliphatic heterocycles. The molecule has 9 heavy (non-hydrogen) atoms. The zero-order chi connectivity index (χ0) is 7.11. The van der Waals surface area contributed by atoms with Gasteiger partial charge in [0.25, 0.3) is 0 Å². The molecule has 0 spiro atoms. The number of nitriles is 1. The van der Waals surface area contributed by atoms with Crippen LogP contribution in [0.25, 0.3) is 0 Å². The Balaban J connectivity index is 3.44. The molecule has 0 aromatic heterocycles. The van der Waals surface area contributed by atoms with Gasteiger partial charge in [0.2, 0.25) is 0 Å². The summed E-state index contributed by atoms with van der Waals surface area (Å²) in [6.45, 7) is 7.09. The van der Waals surface area contributed by atoms with Crippen LogP contribution in [0.1, 0.15) is 13.3 Å². The molecule has 0 aromatic rings. The minimum Gasteiger partial charge on any atom is -0.307 e. The van der Waals surface area contributed by atoms with Crippen LogP contribution in [0.2, 0.25) is 0 Å². The Kier molecular flexibility index (Phi) is 4.61. The predicted molar refractivity (Wildman–Crippen MR) is 37.7 cm³/mol. The monoisotopic (exact) mass is 124 g/mol.